The van der Waals surface area contributed by atoms with Crippen molar-refractivity contribution in [2.24, 2.45) is 17.2 Å². The van der Waals surface area contributed by atoms with Gasteiger partial charge < -0.3 is 41.1 Å². The number of nitrogens with zero attached hydrogens (tertiary/aromatic N) is 12. The summed E-state index contributed by atoms with van der Waals surface area (Å²) < 4.78 is 13.3. The van der Waals surface area contributed by atoms with Crippen molar-refractivity contribution < 1.29 is 43.4 Å². The molecule has 2 atom stereocenters. The molecule has 1 fully saturated rings. The van der Waals surface area contributed by atoms with Gasteiger partial charge in [-0.15, -0.1) is 11.8 Å². The van der Waals surface area contributed by atoms with Crippen molar-refractivity contribution >= 4 is 92.2 Å². The molecule has 1 unspecified atom stereocenters. The first-order valence-corrected chi connectivity index (χ1v) is 25.1. The Balaban J connectivity index is 1.05. The lowest BCUT2D eigenvalue weighted by Gasteiger charge is -2.20. The van der Waals surface area contributed by atoms with Crippen molar-refractivity contribution in [1.29, 1.82) is 0 Å². The summed E-state index contributed by atoms with van der Waals surface area (Å²) in [6.45, 7) is 8.91. The maximum absolute atomic E-state index is 13.9. The third kappa shape index (κ3) is 11.2. The zero-order valence-electron chi connectivity index (χ0n) is 41.8. The number of amides is 6. The predicted molar refractivity (Wildman–Crippen MR) is 277 cm³/mol. The first-order chi connectivity index (χ1) is 35.9. The fourth-order valence-corrected chi connectivity index (χ4v) is 9.81. The number of thioether (sulfide) groups is 1. The Morgan fingerprint density at radius 1 is 0.920 bits per heavy atom. The third-order valence-electron chi connectivity index (χ3n) is 12.5. The molecule has 392 valence electrons. The van der Waals surface area contributed by atoms with Crippen molar-refractivity contribution in [3.8, 4) is 17.3 Å². The molecule has 6 amide bonds. The van der Waals surface area contributed by atoms with Crippen LogP contribution in [-0.2, 0) is 45.4 Å². The van der Waals surface area contributed by atoms with Crippen LogP contribution in [0, 0.1) is 13.8 Å². The first-order valence-electron chi connectivity index (χ1n) is 24.0. The highest BCUT2D eigenvalue weighted by Gasteiger charge is 2.39. The van der Waals surface area contributed by atoms with Crippen LogP contribution in [0.2, 0.25) is 0 Å². The molecule has 7 heterocycles. The van der Waals surface area contributed by atoms with Crippen LogP contribution in [0.15, 0.2) is 54.7 Å². The zero-order chi connectivity index (χ0) is 53.8. The van der Waals surface area contributed by atoms with E-state index in [4.69, 9.17) is 37.0 Å². The smallest absolute Gasteiger partial charge is 0.321 e. The minimum Gasteiger partial charge on any atom is -0.491 e. The van der Waals surface area contributed by atoms with Gasteiger partial charge in [-0.2, -0.15) is 10.2 Å². The van der Waals surface area contributed by atoms with E-state index in [1.807, 2.05) is 49.6 Å². The van der Waals surface area contributed by atoms with E-state index in [2.05, 4.69) is 25.5 Å². The number of likely N-dealkylation sites (tertiary alicyclic amines) is 1. The van der Waals surface area contributed by atoms with Gasteiger partial charge >= 0.3 is 5.97 Å². The van der Waals surface area contributed by atoms with E-state index in [1.165, 1.54) is 23.2 Å². The van der Waals surface area contributed by atoms with Crippen LogP contribution < -0.4 is 27.3 Å². The average Bonchev–Trinajstić information content (AvgIpc) is 4.20. The van der Waals surface area contributed by atoms with Gasteiger partial charge in [0.1, 0.15) is 45.8 Å². The Hall–Kier alpha value is -8.52. The molecule has 26 heteroatoms. The molecule has 25 nitrogen and oxygen atoms in total. The number of imidazole rings is 1. The van der Waals surface area contributed by atoms with Gasteiger partial charge in [-0.1, -0.05) is 12.2 Å². The summed E-state index contributed by atoms with van der Waals surface area (Å²) in [7, 11) is 1.58. The minimum atomic E-state index is -1.21. The van der Waals surface area contributed by atoms with Crippen molar-refractivity contribution in [3.63, 3.8) is 0 Å². The number of carboxylic acid groups (broad SMARTS) is 1. The number of aromatic nitrogens is 10. The Kier molecular flexibility index (Phi) is 15.7. The summed E-state index contributed by atoms with van der Waals surface area (Å²) in [5.41, 5.74) is 20.7. The molecule has 0 saturated carbocycles. The fraction of sp³-hybridized carbons (Fsp3) is 0.367. The molecule has 1 saturated heterocycles. The molecule has 8 N–H and O–H groups in total. The summed E-state index contributed by atoms with van der Waals surface area (Å²) in [6, 6.07) is 8.90. The highest BCUT2D eigenvalue weighted by Crippen LogP contribution is 2.33. The van der Waals surface area contributed by atoms with E-state index in [9.17, 15) is 33.6 Å². The molecular weight excluding hydrogens is 989 g/mol. The highest BCUT2D eigenvalue weighted by molar-refractivity contribution is 8.00. The third-order valence-corrected chi connectivity index (χ3v) is 13.8. The molecule has 1 aliphatic heterocycles. The summed E-state index contributed by atoms with van der Waals surface area (Å²) in [5.74, 6) is -2.86. The maximum atomic E-state index is 13.9. The predicted octanol–water partition coefficient (Wildman–Crippen LogP) is 2.64. The zero-order valence-corrected chi connectivity index (χ0v) is 42.7. The number of benzene rings is 1. The van der Waals surface area contributed by atoms with E-state index in [-0.39, 0.29) is 85.6 Å². The van der Waals surface area contributed by atoms with Gasteiger partial charge in [0, 0.05) is 87.4 Å². The van der Waals surface area contributed by atoms with E-state index in [0.717, 1.165) is 22.0 Å². The number of allylic oxidation sites excluding steroid dienone is 2. The number of hydrogen-bond acceptors (Lipinski definition) is 16. The number of pyridine rings is 2. The van der Waals surface area contributed by atoms with Crippen molar-refractivity contribution in [3.05, 3.63) is 83.1 Å². The summed E-state index contributed by atoms with van der Waals surface area (Å²) in [5, 5.41) is 21.5. The van der Waals surface area contributed by atoms with Crippen molar-refractivity contribution in [2.45, 2.75) is 84.4 Å². The molecule has 0 spiro atoms. The quantitative estimate of drug-likeness (QED) is 0.0349. The Bertz CT molecular complexity index is 3450. The second-order valence-corrected chi connectivity index (χ2v) is 19.0. The molecule has 1 aliphatic rings. The average molecular weight is 1050 g/mol. The SMILES string of the molecule is CCn1nc(C)cc1C(=O)Nc1nc2cc(C(N)=O)cc(OCCCN(C)C(=O)CCN3C(=O)CC(SC[C@H](N)C(=O)O)C3=O)c2n1C/C=C/Cn1c2ncc(C(N)=O)cc2c2ccc(-c3nc(C)nn3CC)nc21. The van der Waals surface area contributed by atoms with E-state index < -0.39 is 46.8 Å². The van der Waals surface area contributed by atoms with Crippen LogP contribution in [0.25, 0.3) is 44.6 Å². The summed E-state index contributed by atoms with van der Waals surface area (Å²) in [4.78, 5) is 110. The maximum Gasteiger partial charge on any atom is 0.321 e. The number of nitrogens with one attached hydrogen (secondary N) is 1. The number of carbonyl (C=O) groups is 7. The minimum absolute atomic E-state index is 0.0460. The number of ether oxygens (including phenoxy) is 1. The lowest BCUT2D eigenvalue weighted by Crippen LogP contribution is -2.37. The number of carbonyl (C=O) groups excluding carboxylic acids is 6. The number of rotatable bonds is 23. The van der Waals surface area contributed by atoms with Gasteiger partial charge in [0.2, 0.25) is 35.5 Å². The fourth-order valence-electron chi connectivity index (χ4n) is 8.70. The molecule has 8 rings (SSSR count). The number of aryl methyl sites for hydroxylation is 4. The Labute approximate surface area is 432 Å². The first kappa shape index (κ1) is 52.8. The van der Waals surface area contributed by atoms with Gasteiger partial charge in [0.05, 0.1) is 28.6 Å². The van der Waals surface area contributed by atoms with E-state index >= 15 is 0 Å². The monoisotopic (exact) mass is 1040 g/mol. The van der Waals surface area contributed by atoms with Gasteiger partial charge in [-0.05, 0) is 70.5 Å². The van der Waals surface area contributed by atoms with Crippen LogP contribution in [0.3, 0.4) is 0 Å². The number of carboxylic acids is 1. The van der Waals surface area contributed by atoms with Gasteiger partial charge in [-0.25, -0.2) is 24.6 Å². The standard InChI is InChI=1S/C49H56N16O9S/c1-6-64-35(19-26(3)58-64)46(70)57-49-56-34-21-28(41(51)68)22-36(74-18-10-14-60(5)38(66)13-17-61-39(67)23-37(47(61)71)75-25-32(50)48(72)73)40(34)62(49)15-8-9-16-63-43-31(20-29(24-53-43)42(52)69)30-11-12-33(55-44(30)63)45-54-27(4)59-65(45)7-2/h8-9,11-12,19-22,24,32,37H,6-7,10,13-18,23,25,50H2,1-5H3,(H2,51,68)(H2,52,69)(H,72,73)(H,56,57,70)/b9-8+/t32-,37?/m0/s1. The lowest BCUT2D eigenvalue weighted by atomic mass is 10.1. The molecule has 1 aromatic carbocycles. The van der Waals surface area contributed by atoms with Crippen molar-refractivity contribution in [2.75, 3.05) is 37.8 Å². The lowest BCUT2D eigenvalue weighted by molar-refractivity contribution is -0.140. The van der Waals surface area contributed by atoms with Crippen molar-refractivity contribution in [1.82, 2.24) is 58.4 Å². The topological polar surface area (TPSA) is 343 Å². The normalized spacial score (nSPS) is 14.2. The number of imide groups is 1. The number of aliphatic carboxylic acids is 1. The second-order valence-electron chi connectivity index (χ2n) is 17.7. The molecule has 7 aromatic rings. The molecule has 0 radical (unpaired) electrons. The molecular formula is C49H56N16O9S. The number of hydrogen-bond donors (Lipinski definition) is 5. The molecule has 0 bridgehead atoms. The van der Waals surface area contributed by atoms with Gasteiger partial charge in [0.15, 0.2) is 5.82 Å². The number of nitrogens with two attached hydrogens (primary N) is 3. The Morgan fingerprint density at radius 3 is 2.36 bits per heavy atom. The Morgan fingerprint density at radius 2 is 1.65 bits per heavy atom. The summed E-state index contributed by atoms with van der Waals surface area (Å²) in [6.07, 6.45) is 5.23. The molecule has 6 aromatic heterocycles. The number of fused-ring (bicyclic) bond motifs is 4. The second kappa shape index (κ2) is 22.3. The largest absolute Gasteiger partial charge is 0.491 e. The van der Waals surface area contributed by atoms with Gasteiger partial charge in [0.25, 0.3) is 5.91 Å². The van der Waals surface area contributed by atoms with Crippen LogP contribution >= 0.6 is 11.8 Å². The molecule has 0 aliphatic carbocycles. The van der Waals surface area contributed by atoms with E-state index in [0.29, 0.717) is 70.4 Å². The van der Waals surface area contributed by atoms with Crippen LogP contribution in [0.1, 0.15) is 75.8 Å². The van der Waals surface area contributed by atoms with E-state index in [1.54, 1.807) is 40.0 Å². The summed E-state index contributed by atoms with van der Waals surface area (Å²) >= 11 is 1.00. The van der Waals surface area contributed by atoms with Crippen LogP contribution in [0.5, 0.6) is 5.75 Å². The molecule has 75 heavy (non-hydrogen) atoms. The number of primary amides is 2. The van der Waals surface area contributed by atoms with Crippen LogP contribution in [-0.4, -0.2) is 149 Å². The number of anilines is 1. The highest BCUT2D eigenvalue weighted by atomic mass is 32.2. The van der Waals surface area contributed by atoms with Crippen LogP contribution in [0.4, 0.5) is 5.95 Å². The van der Waals surface area contributed by atoms with Gasteiger partial charge in [-0.3, -0.25) is 48.5 Å².